The molecule has 0 spiro atoms. The summed E-state index contributed by atoms with van der Waals surface area (Å²) >= 11 is 4.89. The fourth-order valence-corrected chi connectivity index (χ4v) is 4.54. The van der Waals surface area contributed by atoms with Crippen LogP contribution in [0.25, 0.3) is 16.3 Å². The maximum absolute atomic E-state index is 12.3. The average Bonchev–Trinajstić information content (AvgIpc) is 3.26. The zero-order valence-corrected chi connectivity index (χ0v) is 17.1. The van der Waals surface area contributed by atoms with E-state index in [9.17, 15) is 4.79 Å². The number of rotatable bonds is 7. The van der Waals surface area contributed by atoms with E-state index >= 15 is 0 Å². The molecule has 0 aliphatic carbocycles. The molecule has 7 heteroatoms. The van der Waals surface area contributed by atoms with Gasteiger partial charge in [-0.3, -0.25) is 4.79 Å². The Morgan fingerprint density at radius 1 is 1.38 bits per heavy atom. The number of ether oxygens (including phenoxy) is 1. The van der Waals surface area contributed by atoms with Gasteiger partial charge in [-0.15, -0.1) is 11.3 Å². The van der Waals surface area contributed by atoms with Crippen LogP contribution in [0.15, 0.2) is 46.8 Å². The Bertz CT molecular complexity index is 968. The number of aryl methyl sites for hydroxylation is 1. The minimum Gasteiger partial charge on any atom is -0.494 e. The minimum atomic E-state index is -0.243. The number of thioether (sulfide) groups is 1. The van der Waals surface area contributed by atoms with E-state index in [2.05, 4.69) is 15.8 Å². The van der Waals surface area contributed by atoms with Gasteiger partial charge >= 0.3 is 0 Å². The number of benzene rings is 1. The average molecular weight is 405 g/mol. The topological polar surface area (TPSA) is 43.6 Å². The number of aromatic nitrogens is 1. The van der Waals surface area contributed by atoms with Crippen molar-refractivity contribution in [1.29, 1.82) is 0 Å². The highest BCUT2D eigenvalue weighted by Crippen LogP contribution is 2.23. The van der Waals surface area contributed by atoms with Gasteiger partial charge in [0, 0.05) is 23.3 Å². The molecule has 0 radical (unpaired) electrons. The smallest absolute Gasteiger partial charge is 0.272 e. The maximum atomic E-state index is 12.3. The van der Waals surface area contributed by atoms with Crippen LogP contribution in [0.5, 0.6) is 5.75 Å². The summed E-state index contributed by atoms with van der Waals surface area (Å²) < 4.78 is 8.78. The number of hydrogen-bond acceptors (Lipinski definition) is 5. The zero-order chi connectivity index (χ0) is 18.4. The third-order valence-corrected chi connectivity index (χ3v) is 6.09. The second kappa shape index (κ2) is 9.21. The second-order valence-electron chi connectivity index (χ2n) is 5.39. The van der Waals surface area contributed by atoms with Crippen LogP contribution in [0.3, 0.4) is 0 Å². The van der Waals surface area contributed by atoms with Crippen molar-refractivity contribution in [2.75, 3.05) is 18.6 Å². The number of thiazole rings is 1. The predicted octanol–water partition coefficient (Wildman–Crippen LogP) is 4.67. The quantitative estimate of drug-likeness (QED) is 0.538. The van der Waals surface area contributed by atoms with Crippen molar-refractivity contribution in [3.63, 3.8) is 0 Å². The lowest BCUT2D eigenvalue weighted by Gasteiger charge is -2.05. The van der Waals surface area contributed by atoms with Gasteiger partial charge in [-0.05, 0) is 48.9 Å². The Kier molecular flexibility index (Phi) is 6.71. The van der Waals surface area contributed by atoms with Crippen LogP contribution in [-0.2, 0) is 11.3 Å². The van der Waals surface area contributed by atoms with Crippen LogP contribution in [0.4, 0.5) is 0 Å². The van der Waals surface area contributed by atoms with Crippen LogP contribution in [0.2, 0.25) is 0 Å². The molecule has 2 heterocycles. The lowest BCUT2D eigenvalue weighted by molar-refractivity contribution is -0.113. The van der Waals surface area contributed by atoms with Crippen LogP contribution >= 0.6 is 34.4 Å². The van der Waals surface area contributed by atoms with Gasteiger partial charge in [0.25, 0.3) is 5.91 Å². The molecule has 0 atom stereocenters. The molecule has 2 aromatic heterocycles. The third-order valence-electron chi connectivity index (χ3n) is 3.62. The predicted molar refractivity (Wildman–Crippen MR) is 113 cm³/mol. The SMILES string of the molecule is CCOc1ccc2c(c1)sc(=NC(=O)/C=C/c1cccs1)n2CCSC. The Balaban J connectivity index is 1.97. The molecule has 3 aromatic rings. The Hall–Kier alpha value is -1.83. The first kappa shape index (κ1) is 18.9. The second-order valence-corrected chi connectivity index (χ2v) is 8.36. The fourth-order valence-electron chi connectivity index (χ4n) is 2.47. The van der Waals surface area contributed by atoms with Crippen molar-refractivity contribution in [3.05, 3.63) is 51.5 Å². The summed E-state index contributed by atoms with van der Waals surface area (Å²) in [6, 6.07) is 9.97. The van der Waals surface area contributed by atoms with Gasteiger partial charge in [-0.2, -0.15) is 16.8 Å². The van der Waals surface area contributed by atoms with Crippen LogP contribution in [-0.4, -0.2) is 29.1 Å². The summed E-state index contributed by atoms with van der Waals surface area (Å²) in [5.41, 5.74) is 1.08. The van der Waals surface area contributed by atoms with Crippen molar-refractivity contribution >= 4 is 56.6 Å². The molecule has 1 amide bonds. The first-order valence-electron chi connectivity index (χ1n) is 8.26. The molecule has 1 aromatic carbocycles. The van der Waals surface area contributed by atoms with Gasteiger partial charge in [0.05, 0.1) is 16.8 Å². The molecule has 26 heavy (non-hydrogen) atoms. The molecule has 0 fully saturated rings. The molecule has 0 bridgehead atoms. The van der Waals surface area contributed by atoms with Gasteiger partial charge in [-0.1, -0.05) is 17.4 Å². The van der Waals surface area contributed by atoms with Crippen molar-refractivity contribution in [3.8, 4) is 5.75 Å². The van der Waals surface area contributed by atoms with E-state index in [4.69, 9.17) is 4.74 Å². The Labute approximate surface area is 164 Å². The summed E-state index contributed by atoms with van der Waals surface area (Å²) in [6.07, 6.45) is 5.41. The Morgan fingerprint density at radius 3 is 3.00 bits per heavy atom. The number of nitrogens with zero attached hydrogens (tertiary/aromatic N) is 2. The summed E-state index contributed by atoms with van der Waals surface area (Å²) in [6.45, 7) is 3.42. The first-order chi connectivity index (χ1) is 12.7. The number of carbonyl (C=O) groups excluding carboxylic acids is 1. The monoisotopic (exact) mass is 404 g/mol. The van der Waals surface area contributed by atoms with E-state index in [-0.39, 0.29) is 5.91 Å². The van der Waals surface area contributed by atoms with E-state index in [0.717, 1.165) is 37.9 Å². The number of thiophene rings is 1. The highest BCUT2D eigenvalue weighted by atomic mass is 32.2. The lowest BCUT2D eigenvalue weighted by Crippen LogP contribution is -2.17. The largest absolute Gasteiger partial charge is 0.494 e. The molecule has 0 N–H and O–H groups in total. The van der Waals surface area contributed by atoms with Crippen LogP contribution < -0.4 is 9.54 Å². The van der Waals surface area contributed by atoms with E-state index < -0.39 is 0 Å². The first-order valence-corrected chi connectivity index (χ1v) is 11.4. The van der Waals surface area contributed by atoms with Crippen LogP contribution in [0, 0.1) is 0 Å². The molecule has 0 aliphatic heterocycles. The van der Waals surface area contributed by atoms with Gasteiger partial charge in [-0.25, -0.2) is 0 Å². The Morgan fingerprint density at radius 2 is 2.27 bits per heavy atom. The minimum absolute atomic E-state index is 0.243. The van der Waals surface area contributed by atoms with Crippen molar-refractivity contribution in [2.45, 2.75) is 13.5 Å². The maximum Gasteiger partial charge on any atom is 0.272 e. The molecule has 4 nitrogen and oxygen atoms in total. The highest BCUT2D eigenvalue weighted by Gasteiger charge is 2.08. The molecule has 136 valence electrons. The van der Waals surface area contributed by atoms with Crippen molar-refractivity contribution < 1.29 is 9.53 Å². The summed E-state index contributed by atoms with van der Waals surface area (Å²) in [7, 11) is 0. The van der Waals surface area contributed by atoms with Gasteiger partial charge in [0.15, 0.2) is 4.80 Å². The van der Waals surface area contributed by atoms with Gasteiger partial charge < -0.3 is 9.30 Å². The molecule has 0 unspecified atom stereocenters. The summed E-state index contributed by atoms with van der Waals surface area (Å²) in [5.74, 6) is 1.56. The van der Waals surface area contributed by atoms with E-state index in [1.807, 2.05) is 48.7 Å². The number of hydrogen-bond donors (Lipinski definition) is 0. The lowest BCUT2D eigenvalue weighted by atomic mass is 10.3. The van der Waals surface area contributed by atoms with Crippen molar-refractivity contribution in [2.24, 2.45) is 4.99 Å². The number of carbonyl (C=O) groups is 1. The zero-order valence-electron chi connectivity index (χ0n) is 14.7. The van der Waals surface area contributed by atoms with Crippen LogP contribution in [0.1, 0.15) is 11.8 Å². The van der Waals surface area contributed by atoms with E-state index in [1.165, 1.54) is 17.4 Å². The number of amides is 1. The normalized spacial score (nSPS) is 12.3. The molecule has 0 aliphatic rings. The molecule has 0 saturated carbocycles. The van der Waals surface area contributed by atoms with E-state index in [1.54, 1.807) is 23.1 Å². The molecular formula is C19H20N2O2S3. The molecule has 3 rings (SSSR count). The molecular weight excluding hydrogens is 384 g/mol. The highest BCUT2D eigenvalue weighted by molar-refractivity contribution is 7.98. The molecule has 0 saturated heterocycles. The van der Waals surface area contributed by atoms with E-state index in [0.29, 0.717) is 6.61 Å². The van der Waals surface area contributed by atoms with Crippen molar-refractivity contribution in [1.82, 2.24) is 4.57 Å². The summed E-state index contributed by atoms with van der Waals surface area (Å²) in [4.78, 5) is 18.4. The standard InChI is InChI=1S/C19H20N2O2S3/c1-3-23-14-6-8-16-17(13-14)26-19(21(16)10-12-24-2)20-18(22)9-7-15-5-4-11-25-15/h4-9,11,13H,3,10,12H2,1-2H3/b9-7+,20-19?. The number of fused-ring (bicyclic) bond motifs is 1. The third kappa shape index (κ3) is 4.66. The summed E-state index contributed by atoms with van der Waals surface area (Å²) in [5, 5.41) is 1.99. The van der Waals surface area contributed by atoms with Gasteiger partial charge in [0.2, 0.25) is 0 Å². The van der Waals surface area contributed by atoms with Gasteiger partial charge in [0.1, 0.15) is 5.75 Å². The fraction of sp³-hybridized carbons (Fsp3) is 0.263.